The van der Waals surface area contributed by atoms with E-state index in [1.807, 2.05) is 24.9 Å². The average molecular weight is 204 g/mol. The van der Waals surface area contributed by atoms with Crippen LogP contribution in [0.25, 0.3) is 0 Å². The molecule has 1 rings (SSSR count). The van der Waals surface area contributed by atoms with E-state index in [4.69, 9.17) is 0 Å². The second-order valence-electron chi connectivity index (χ2n) is 3.77. The number of ketones is 1. The third kappa shape index (κ3) is 3.20. The summed E-state index contributed by atoms with van der Waals surface area (Å²) in [6.45, 7) is 8.14. The van der Waals surface area contributed by atoms with Gasteiger partial charge < -0.3 is 4.90 Å². The number of hydrogen-bond donors (Lipinski definition) is 0. The quantitative estimate of drug-likeness (QED) is 0.557. The lowest BCUT2D eigenvalue weighted by molar-refractivity contribution is 0.101. The molecule has 0 radical (unpaired) electrons. The van der Waals surface area contributed by atoms with Crippen molar-refractivity contribution in [2.24, 2.45) is 0 Å². The summed E-state index contributed by atoms with van der Waals surface area (Å²) in [5.41, 5.74) is 2.58. The van der Waals surface area contributed by atoms with Crippen LogP contribution in [0.15, 0.2) is 30.5 Å². The zero-order valence-corrected chi connectivity index (χ0v) is 9.45. The maximum Gasteiger partial charge on any atom is 0.178 e. The Hall–Kier alpha value is -1.64. The van der Waals surface area contributed by atoms with Crippen molar-refractivity contribution in [1.29, 1.82) is 0 Å². The van der Waals surface area contributed by atoms with Crippen LogP contribution in [-0.4, -0.2) is 24.4 Å². The van der Waals surface area contributed by atoms with Crippen LogP contribution in [0, 0.1) is 0 Å². The molecule has 0 bridgehead atoms. The van der Waals surface area contributed by atoms with Gasteiger partial charge in [0.05, 0.1) is 11.9 Å². The monoisotopic (exact) mass is 204 g/mol. The average Bonchev–Trinajstić information content (AvgIpc) is 2.17. The maximum atomic E-state index is 11.0. The van der Waals surface area contributed by atoms with Gasteiger partial charge >= 0.3 is 0 Å². The first kappa shape index (κ1) is 11.4. The Balaban J connectivity index is 2.79. The van der Waals surface area contributed by atoms with Crippen LogP contribution in [-0.2, 0) is 0 Å². The van der Waals surface area contributed by atoms with Gasteiger partial charge in [-0.1, -0.05) is 12.2 Å². The standard InChI is InChI=1S/C12H16N2O/c1-9(2)8-14(4)11-5-6-12(10(3)15)13-7-11/h5-7H,1,8H2,2-4H3. The molecule has 0 unspecified atom stereocenters. The molecule has 0 amide bonds. The number of nitrogens with zero attached hydrogens (tertiary/aromatic N) is 2. The number of aromatic nitrogens is 1. The molecule has 0 fully saturated rings. The van der Waals surface area contributed by atoms with E-state index in [9.17, 15) is 4.79 Å². The van der Waals surface area contributed by atoms with Gasteiger partial charge in [0.2, 0.25) is 0 Å². The van der Waals surface area contributed by atoms with Crippen molar-refractivity contribution < 1.29 is 4.79 Å². The van der Waals surface area contributed by atoms with Gasteiger partial charge in [-0.25, -0.2) is 0 Å². The van der Waals surface area contributed by atoms with Gasteiger partial charge in [0.1, 0.15) is 5.69 Å². The molecule has 0 spiro atoms. The third-order valence-electron chi connectivity index (χ3n) is 2.06. The van der Waals surface area contributed by atoms with Crippen molar-refractivity contribution in [3.05, 3.63) is 36.2 Å². The predicted molar refractivity (Wildman–Crippen MR) is 62.3 cm³/mol. The number of pyridine rings is 1. The molecule has 3 nitrogen and oxygen atoms in total. The van der Waals surface area contributed by atoms with E-state index in [-0.39, 0.29) is 5.78 Å². The fraction of sp³-hybridized carbons (Fsp3) is 0.333. The minimum Gasteiger partial charge on any atom is -0.369 e. The molecule has 0 saturated heterocycles. The SMILES string of the molecule is C=C(C)CN(C)c1ccc(C(C)=O)nc1. The van der Waals surface area contributed by atoms with E-state index in [1.165, 1.54) is 6.92 Å². The normalized spacial score (nSPS) is 9.80. The van der Waals surface area contributed by atoms with Crippen LogP contribution in [0.1, 0.15) is 24.3 Å². The van der Waals surface area contributed by atoms with Crippen molar-refractivity contribution in [3.63, 3.8) is 0 Å². The van der Waals surface area contributed by atoms with Gasteiger partial charge in [-0.15, -0.1) is 0 Å². The van der Waals surface area contributed by atoms with Gasteiger partial charge in [0, 0.05) is 20.5 Å². The van der Waals surface area contributed by atoms with Gasteiger partial charge in [0.15, 0.2) is 5.78 Å². The number of rotatable bonds is 4. The first-order valence-electron chi connectivity index (χ1n) is 4.83. The largest absolute Gasteiger partial charge is 0.369 e. The Bertz CT molecular complexity index is 368. The number of anilines is 1. The van der Waals surface area contributed by atoms with E-state index < -0.39 is 0 Å². The Morgan fingerprint density at radius 2 is 2.13 bits per heavy atom. The minimum absolute atomic E-state index is 0.0101. The van der Waals surface area contributed by atoms with Crippen molar-refractivity contribution in [2.45, 2.75) is 13.8 Å². The van der Waals surface area contributed by atoms with Gasteiger partial charge in [-0.2, -0.15) is 0 Å². The van der Waals surface area contributed by atoms with E-state index in [0.29, 0.717) is 5.69 Å². The molecule has 1 aromatic heterocycles. The van der Waals surface area contributed by atoms with Gasteiger partial charge in [-0.05, 0) is 19.1 Å². The summed E-state index contributed by atoms with van der Waals surface area (Å²) in [6, 6.07) is 3.64. The van der Waals surface area contributed by atoms with Gasteiger partial charge in [-0.3, -0.25) is 9.78 Å². The highest BCUT2D eigenvalue weighted by molar-refractivity contribution is 5.92. The molecule has 0 aromatic carbocycles. The lowest BCUT2D eigenvalue weighted by Gasteiger charge is -2.18. The minimum atomic E-state index is -0.0101. The summed E-state index contributed by atoms with van der Waals surface area (Å²) in [4.78, 5) is 17.1. The Morgan fingerprint density at radius 3 is 2.53 bits per heavy atom. The van der Waals surface area contributed by atoms with Crippen LogP contribution in [0.4, 0.5) is 5.69 Å². The molecule has 3 heteroatoms. The van der Waals surface area contributed by atoms with E-state index >= 15 is 0 Å². The van der Waals surface area contributed by atoms with Crippen LogP contribution in [0.5, 0.6) is 0 Å². The summed E-state index contributed by atoms with van der Waals surface area (Å²) >= 11 is 0. The van der Waals surface area contributed by atoms with Crippen LogP contribution < -0.4 is 4.90 Å². The summed E-state index contributed by atoms with van der Waals surface area (Å²) in [5.74, 6) is -0.0101. The molecule has 0 aliphatic rings. The van der Waals surface area contributed by atoms with E-state index in [0.717, 1.165) is 17.8 Å². The fourth-order valence-electron chi connectivity index (χ4n) is 1.32. The number of Topliss-reactive ketones (excluding diaryl/α,β-unsaturated/α-hetero) is 1. The summed E-state index contributed by atoms with van der Waals surface area (Å²) < 4.78 is 0. The first-order chi connectivity index (χ1) is 7.00. The Labute approximate surface area is 90.4 Å². The Kier molecular flexibility index (Phi) is 3.61. The molecule has 1 heterocycles. The highest BCUT2D eigenvalue weighted by Gasteiger charge is 2.03. The van der Waals surface area contributed by atoms with Crippen molar-refractivity contribution in [3.8, 4) is 0 Å². The Morgan fingerprint density at radius 1 is 1.47 bits per heavy atom. The molecule has 15 heavy (non-hydrogen) atoms. The number of likely N-dealkylation sites (N-methyl/N-ethyl adjacent to an activating group) is 1. The van der Waals surface area contributed by atoms with Gasteiger partial charge in [0.25, 0.3) is 0 Å². The summed E-state index contributed by atoms with van der Waals surface area (Å²) in [7, 11) is 1.97. The van der Waals surface area contributed by atoms with E-state index in [1.54, 1.807) is 12.3 Å². The molecule has 0 aliphatic heterocycles. The zero-order chi connectivity index (χ0) is 11.4. The smallest absolute Gasteiger partial charge is 0.178 e. The first-order valence-corrected chi connectivity index (χ1v) is 4.83. The van der Waals surface area contributed by atoms with Crippen molar-refractivity contribution >= 4 is 11.5 Å². The molecular formula is C12H16N2O. The van der Waals surface area contributed by atoms with Crippen LogP contribution >= 0.6 is 0 Å². The molecule has 0 N–H and O–H groups in total. The molecular weight excluding hydrogens is 188 g/mol. The lowest BCUT2D eigenvalue weighted by atomic mass is 10.2. The molecule has 0 aliphatic carbocycles. The molecule has 0 atom stereocenters. The third-order valence-corrected chi connectivity index (χ3v) is 2.06. The molecule has 0 saturated carbocycles. The van der Waals surface area contributed by atoms with Crippen LogP contribution in [0.2, 0.25) is 0 Å². The van der Waals surface area contributed by atoms with E-state index in [2.05, 4.69) is 11.6 Å². The van der Waals surface area contributed by atoms with Crippen molar-refractivity contribution in [1.82, 2.24) is 4.98 Å². The maximum absolute atomic E-state index is 11.0. The highest BCUT2D eigenvalue weighted by atomic mass is 16.1. The second-order valence-corrected chi connectivity index (χ2v) is 3.77. The lowest BCUT2D eigenvalue weighted by Crippen LogP contribution is -2.19. The van der Waals surface area contributed by atoms with Crippen LogP contribution in [0.3, 0.4) is 0 Å². The topological polar surface area (TPSA) is 33.2 Å². The number of hydrogen-bond acceptors (Lipinski definition) is 3. The van der Waals surface area contributed by atoms with Crippen molar-refractivity contribution in [2.75, 3.05) is 18.5 Å². The predicted octanol–water partition coefficient (Wildman–Crippen LogP) is 2.30. The number of carbonyl (C=O) groups excluding carboxylic acids is 1. The molecule has 80 valence electrons. The number of carbonyl (C=O) groups is 1. The summed E-state index contributed by atoms with van der Waals surface area (Å²) in [6.07, 6.45) is 1.71. The summed E-state index contributed by atoms with van der Waals surface area (Å²) in [5, 5.41) is 0. The highest BCUT2D eigenvalue weighted by Crippen LogP contribution is 2.12. The molecule has 1 aromatic rings. The second kappa shape index (κ2) is 4.73. The fourth-order valence-corrected chi connectivity index (χ4v) is 1.32. The zero-order valence-electron chi connectivity index (χ0n) is 9.45.